The van der Waals surface area contributed by atoms with Crippen molar-refractivity contribution in [1.29, 1.82) is 0 Å². The van der Waals surface area contributed by atoms with E-state index >= 15 is 0 Å². The predicted molar refractivity (Wildman–Crippen MR) is 123 cm³/mol. The van der Waals surface area contributed by atoms with E-state index in [4.69, 9.17) is 0 Å². The summed E-state index contributed by atoms with van der Waals surface area (Å²) in [6, 6.07) is 17.4. The molecule has 0 saturated carbocycles. The third-order valence-electron chi connectivity index (χ3n) is 5.65. The lowest BCUT2D eigenvalue weighted by Crippen LogP contribution is -2.45. The van der Waals surface area contributed by atoms with Gasteiger partial charge in [-0.25, -0.2) is 4.79 Å². The van der Waals surface area contributed by atoms with Crippen LogP contribution in [0.25, 0.3) is 10.9 Å². The molecule has 0 aliphatic carbocycles. The number of amides is 1. The molecule has 1 atom stereocenters. The highest BCUT2D eigenvalue weighted by Gasteiger charge is 2.17. The van der Waals surface area contributed by atoms with Crippen molar-refractivity contribution in [1.82, 2.24) is 19.8 Å². The highest BCUT2D eigenvalue weighted by Crippen LogP contribution is 2.10. The van der Waals surface area contributed by atoms with Gasteiger partial charge < -0.3 is 5.32 Å². The number of likely N-dealkylation sites (N-methyl/N-ethyl adjacent to an activating group) is 1. The molecule has 7 nitrogen and oxygen atoms in total. The van der Waals surface area contributed by atoms with Crippen molar-refractivity contribution in [2.24, 2.45) is 0 Å². The van der Waals surface area contributed by atoms with E-state index in [1.807, 2.05) is 18.2 Å². The Labute approximate surface area is 181 Å². The van der Waals surface area contributed by atoms with Crippen molar-refractivity contribution in [2.75, 3.05) is 19.6 Å². The molecule has 1 aromatic heterocycles. The van der Waals surface area contributed by atoms with Gasteiger partial charge in [-0.3, -0.25) is 24.0 Å². The highest BCUT2D eigenvalue weighted by atomic mass is 16.2. The average molecular weight is 423 g/mol. The maximum Gasteiger partial charge on any atom is 0.328 e. The Morgan fingerprint density at radius 3 is 2.42 bits per heavy atom. The van der Waals surface area contributed by atoms with Crippen molar-refractivity contribution >= 4 is 16.8 Å². The topological polar surface area (TPSA) is 87.2 Å². The van der Waals surface area contributed by atoms with Crippen molar-refractivity contribution < 1.29 is 4.79 Å². The fraction of sp³-hybridized carbons (Fsp3) is 0.375. The second-order valence-electron chi connectivity index (χ2n) is 7.55. The molecule has 0 radical (unpaired) electrons. The van der Waals surface area contributed by atoms with Gasteiger partial charge in [-0.15, -0.1) is 0 Å². The van der Waals surface area contributed by atoms with Gasteiger partial charge in [0.2, 0.25) is 5.91 Å². The molecule has 2 aromatic carbocycles. The van der Waals surface area contributed by atoms with Crippen molar-refractivity contribution in [3.63, 3.8) is 0 Å². The Balaban J connectivity index is 1.65. The molecule has 1 unspecified atom stereocenters. The monoisotopic (exact) mass is 422 g/mol. The number of aromatic nitrogens is 2. The van der Waals surface area contributed by atoms with Crippen LogP contribution in [0, 0.1) is 0 Å². The number of benzene rings is 2. The largest absolute Gasteiger partial charge is 0.354 e. The minimum absolute atomic E-state index is 0.118. The minimum atomic E-state index is -0.499. The molecule has 0 fully saturated rings. The zero-order chi connectivity index (χ0) is 22.2. The van der Waals surface area contributed by atoms with E-state index in [0.29, 0.717) is 17.4 Å². The number of fused-ring (bicyclic) bond motifs is 1. The third kappa shape index (κ3) is 5.70. The van der Waals surface area contributed by atoms with Crippen LogP contribution >= 0.6 is 0 Å². The molecule has 3 aromatic rings. The van der Waals surface area contributed by atoms with Crippen LogP contribution in [0.2, 0.25) is 0 Å². The standard InChI is InChI=1S/C24H30N4O3/c1-3-27(4-2)19(16-18-10-6-5-7-11-18)17-25-22(29)14-15-28-21-13-9-8-12-20(21)23(30)26-24(28)31/h5-13,19H,3-4,14-17H2,1-2H3,(H,25,29)(H,26,30,31). The Bertz CT molecular complexity index is 1120. The van der Waals surface area contributed by atoms with Crippen LogP contribution in [0.1, 0.15) is 25.8 Å². The molecular formula is C24H30N4O3. The Morgan fingerprint density at radius 2 is 1.71 bits per heavy atom. The summed E-state index contributed by atoms with van der Waals surface area (Å²) in [4.78, 5) is 41.5. The van der Waals surface area contributed by atoms with Gasteiger partial charge in [-0.2, -0.15) is 0 Å². The van der Waals surface area contributed by atoms with Gasteiger partial charge >= 0.3 is 5.69 Å². The second-order valence-corrected chi connectivity index (χ2v) is 7.55. The number of nitrogens with one attached hydrogen (secondary N) is 2. The van der Waals surface area contributed by atoms with Crippen LogP contribution in [0.15, 0.2) is 64.2 Å². The first-order valence-electron chi connectivity index (χ1n) is 10.8. The van der Waals surface area contributed by atoms with E-state index in [9.17, 15) is 14.4 Å². The number of hydrogen-bond acceptors (Lipinski definition) is 4. The van der Waals surface area contributed by atoms with Crippen LogP contribution in [0.3, 0.4) is 0 Å². The lowest BCUT2D eigenvalue weighted by Gasteiger charge is -2.30. The summed E-state index contributed by atoms with van der Waals surface area (Å²) < 4.78 is 1.45. The van der Waals surface area contributed by atoms with Crippen LogP contribution in [0.5, 0.6) is 0 Å². The summed E-state index contributed by atoms with van der Waals surface area (Å²) in [5.41, 5.74) is 0.861. The molecule has 0 saturated heterocycles. The minimum Gasteiger partial charge on any atom is -0.354 e. The molecule has 1 amide bonds. The summed E-state index contributed by atoms with van der Waals surface area (Å²) in [5, 5.41) is 3.47. The number of carbonyl (C=O) groups excluding carboxylic acids is 1. The number of hydrogen-bond donors (Lipinski definition) is 2. The van der Waals surface area contributed by atoms with Crippen molar-refractivity contribution in [2.45, 2.75) is 39.3 Å². The van der Waals surface area contributed by atoms with E-state index in [-0.39, 0.29) is 24.9 Å². The Hall–Kier alpha value is -3.19. The van der Waals surface area contributed by atoms with Gasteiger partial charge in [0.25, 0.3) is 5.56 Å². The molecule has 1 heterocycles. The summed E-state index contributed by atoms with van der Waals surface area (Å²) in [7, 11) is 0. The van der Waals surface area contributed by atoms with Gasteiger partial charge in [0.15, 0.2) is 0 Å². The lowest BCUT2D eigenvalue weighted by molar-refractivity contribution is -0.121. The molecule has 7 heteroatoms. The fourth-order valence-electron chi connectivity index (χ4n) is 3.95. The molecule has 3 rings (SSSR count). The summed E-state index contributed by atoms with van der Waals surface area (Å²) in [6.07, 6.45) is 1.01. The average Bonchev–Trinajstić information content (AvgIpc) is 2.78. The molecule has 2 N–H and O–H groups in total. The van der Waals surface area contributed by atoms with E-state index in [1.165, 1.54) is 10.1 Å². The first-order valence-corrected chi connectivity index (χ1v) is 10.8. The summed E-state index contributed by atoms with van der Waals surface area (Å²) in [6.45, 7) is 6.80. The molecule has 164 valence electrons. The number of nitrogens with zero attached hydrogens (tertiary/aromatic N) is 2. The quantitative estimate of drug-likeness (QED) is 0.524. The number of para-hydroxylation sites is 1. The van der Waals surface area contributed by atoms with E-state index in [1.54, 1.807) is 24.3 Å². The van der Waals surface area contributed by atoms with Crippen LogP contribution in [0.4, 0.5) is 0 Å². The van der Waals surface area contributed by atoms with Gasteiger partial charge in [-0.1, -0.05) is 56.3 Å². The number of aromatic amines is 1. The molecule has 31 heavy (non-hydrogen) atoms. The zero-order valence-electron chi connectivity index (χ0n) is 18.1. The predicted octanol–water partition coefficient (Wildman–Crippen LogP) is 2.15. The van der Waals surface area contributed by atoms with Crippen molar-refractivity contribution in [3.8, 4) is 0 Å². The molecule has 0 aliphatic rings. The normalized spacial score (nSPS) is 12.2. The van der Waals surface area contributed by atoms with Gasteiger partial charge in [0.1, 0.15) is 0 Å². The van der Waals surface area contributed by atoms with Gasteiger partial charge in [0, 0.05) is 25.6 Å². The maximum absolute atomic E-state index is 12.6. The molecule has 0 spiro atoms. The number of aryl methyl sites for hydroxylation is 1. The lowest BCUT2D eigenvalue weighted by atomic mass is 10.0. The van der Waals surface area contributed by atoms with Crippen LogP contribution in [-0.4, -0.2) is 46.0 Å². The smallest absolute Gasteiger partial charge is 0.328 e. The van der Waals surface area contributed by atoms with E-state index < -0.39 is 11.2 Å². The Kier molecular flexibility index (Phi) is 7.78. The van der Waals surface area contributed by atoms with E-state index in [2.05, 4.69) is 41.2 Å². The van der Waals surface area contributed by atoms with Gasteiger partial charge in [-0.05, 0) is 37.2 Å². The zero-order valence-corrected chi connectivity index (χ0v) is 18.1. The van der Waals surface area contributed by atoms with E-state index in [0.717, 1.165) is 19.5 Å². The molecule has 0 bridgehead atoms. The van der Waals surface area contributed by atoms with Crippen LogP contribution < -0.4 is 16.6 Å². The SMILES string of the molecule is CCN(CC)C(CNC(=O)CCn1c(=O)[nH]c(=O)c2ccccc21)Cc1ccccc1. The molecule has 0 aliphatic heterocycles. The summed E-state index contributed by atoms with van der Waals surface area (Å²) in [5.74, 6) is -0.118. The highest BCUT2D eigenvalue weighted by molar-refractivity contribution is 5.78. The van der Waals surface area contributed by atoms with Crippen molar-refractivity contribution in [3.05, 3.63) is 81.0 Å². The number of carbonyl (C=O) groups is 1. The third-order valence-corrected chi connectivity index (χ3v) is 5.65. The Morgan fingerprint density at radius 1 is 1.03 bits per heavy atom. The second kappa shape index (κ2) is 10.7. The first kappa shape index (κ1) is 22.5. The van der Waals surface area contributed by atoms with Crippen LogP contribution in [-0.2, 0) is 17.8 Å². The fourth-order valence-corrected chi connectivity index (χ4v) is 3.95. The molecular weight excluding hydrogens is 392 g/mol. The summed E-state index contributed by atoms with van der Waals surface area (Å²) >= 11 is 0. The van der Waals surface area contributed by atoms with Gasteiger partial charge in [0.05, 0.1) is 10.9 Å². The first-order chi connectivity index (χ1) is 15.0. The maximum atomic E-state index is 12.6. The number of rotatable bonds is 10. The number of H-pyrrole nitrogens is 1.